The molecule has 1 atom stereocenters. The van der Waals surface area contributed by atoms with E-state index >= 15 is 0 Å². The second-order valence-corrected chi connectivity index (χ2v) is 8.46. The monoisotopic (exact) mass is 391 g/mol. The lowest BCUT2D eigenvalue weighted by molar-refractivity contribution is 0.0621. The molecule has 1 aromatic carbocycles. The second-order valence-electron chi connectivity index (χ2n) is 6.62. The number of carbonyl (C=O) groups excluding carboxylic acids is 1. The molecule has 27 heavy (non-hydrogen) atoms. The number of amides is 1. The van der Waals surface area contributed by atoms with Gasteiger partial charge in [-0.05, 0) is 24.6 Å². The second kappa shape index (κ2) is 8.10. The highest BCUT2D eigenvalue weighted by atomic mass is 32.2. The average Bonchev–Trinajstić information content (AvgIpc) is 3.06. The molecular formula is C18H25N5O3S. The van der Waals surface area contributed by atoms with Gasteiger partial charge in [0.25, 0.3) is 5.91 Å². The molecule has 1 saturated heterocycles. The van der Waals surface area contributed by atoms with Crippen LogP contribution in [0.1, 0.15) is 35.6 Å². The van der Waals surface area contributed by atoms with E-state index in [9.17, 15) is 13.2 Å². The Morgan fingerprint density at radius 1 is 1.41 bits per heavy atom. The van der Waals surface area contributed by atoms with Gasteiger partial charge in [-0.1, -0.05) is 13.0 Å². The van der Waals surface area contributed by atoms with Crippen molar-refractivity contribution in [3.05, 3.63) is 48.0 Å². The minimum atomic E-state index is -3.40. The molecule has 146 valence electrons. The van der Waals surface area contributed by atoms with Crippen molar-refractivity contribution in [2.75, 3.05) is 30.1 Å². The van der Waals surface area contributed by atoms with Crippen molar-refractivity contribution in [3.8, 4) is 0 Å². The Morgan fingerprint density at radius 2 is 2.22 bits per heavy atom. The molecule has 0 spiro atoms. The van der Waals surface area contributed by atoms with E-state index in [1.165, 1.54) is 0 Å². The third-order valence-electron chi connectivity index (χ3n) is 4.52. The van der Waals surface area contributed by atoms with Crippen molar-refractivity contribution >= 4 is 21.6 Å². The van der Waals surface area contributed by atoms with Crippen LogP contribution < -0.4 is 10.0 Å². The molecule has 9 heteroatoms. The molecule has 1 unspecified atom stereocenters. The summed E-state index contributed by atoms with van der Waals surface area (Å²) in [7, 11) is -1.50. The van der Waals surface area contributed by atoms with Crippen LogP contribution in [0.15, 0.2) is 36.7 Å². The Morgan fingerprint density at radius 3 is 2.93 bits per heavy atom. The van der Waals surface area contributed by atoms with Crippen LogP contribution >= 0.6 is 0 Å². The van der Waals surface area contributed by atoms with Crippen molar-refractivity contribution in [2.45, 2.75) is 19.4 Å². The summed E-state index contributed by atoms with van der Waals surface area (Å²) in [5, 5.41) is 3.30. The molecular weight excluding hydrogens is 366 g/mol. The Hall–Kier alpha value is -2.39. The van der Waals surface area contributed by atoms with E-state index in [1.54, 1.807) is 42.3 Å². The molecule has 2 heterocycles. The number of nitrogens with one attached hydrogen (secondary N) is 2. The van der Waals surface area contributed by atoms with Gasteiger partial charge in [0.15, 0.2) is 0 Å². The summed E-state index contributed by atoms with van der Waals surface area (Å²) in [4.78, 5) is 19.3. The summed E-state index contributed by atoms with van der Waals surface area (Å²) in [6.45, 7) is 3.69. The lowest BCUT2D eigenvalue weighted by Gasteiger charge is -2.35. The van der Waals surface area contributed by atoms with Crippen LogP contribution in [-0.2, 0) is 17.1 Å². The predicted octanol–water partition coefficient (Wildman–Crippen LogP) is 1.36. The van der Waals surface area contributed by atoms with E-state index < -0.39 is 10.0 Å². The van der Waals surface area contributed by atoms with Crippen molar-refractivity contribution in [3.63, 3.8) is 0 Å². The van der Waals surface area contributed by atoms with Crippen molar-refractivity contribution in [2.24, 2.45) is 7.05 Å². The lowest BCUT2D eigenvalue weighted by Crippen LogP contribution is -2.49. The van der Waals surface area contributed by atoms with Gasteiger partial charge in [-0.2, -0.15) is 0 Å². The minimum Gasteiger partial charge on any atom is -0.336 e. The Labute approximate surface area is 159 Å². The van der Waals surface area contributed by atoms with Gasteiger partial charge >= 0.3 is 0 Å². The van der Waals surface area contributed by atoms with E-state index in [0.29, 0.717) is 37.3 Å². The fourth-order valence-corrected chi connectivity index (χ4v) is 4.38. The van der Waals surface area contributed by atoms with Crippen LogP contribution in [0.3, 0.4) is 0 Å². The number of sulfonamides is 1. The number of anilines is 1. The predicted molar refractivity (Wildman–Crippen MR) is 104 cm³/mol. The van der Waals surface area contributed by atoms with E-state index in [-0.39, 0.29) is 17.7 Å². The van der Waals surface area contributed by atoms with Gasteiger partial charge in [-0.3, -0.25) is 9.52 Å². The molecule has 2 N–H and O–H groups in total. The molecule has 1 fully saturated rings. The maximum absolute atomic E-state index is 13.1. The molecule has 1 aliphatic rings. The topological polar surface area (TPSA) is 96.3 Å². The molecule has 0 radical (unpaired) electrons. The third-order valence-corrected chi connectivity index (χ3v) is 6.01. The molecule has 0 bridgehead atoms. The molecule has 1 aromatic heterocycles. The standard InChI is InChI=1S/C18H25N5O3S/c1-3-11-27(25,26)21-15-6-4-5-14(12-15)18(24)23-10-7-19-13-16(23)17-20-8-9-22(17)2/h4-6,8-9,12,16,19,21H,3,7,10-11,13H2,1-2H3. The van der Waals surface area contributed by atoms with Crippen LogP contribution in [0.4, 0.5) is 5.69 Å². The van der Waals surface area contributed by atoms with Gasteiger partial charge in [-0.25, -0.2) is 13.4 Å². The molecule has 0 aliphatic carbocycles. The number of nitrogens with zero attached hydrogens (tertiary/aromatic N) is 3. The summed E-state index contributed by atoms with van der Waals surface area (Å²) in [6, 6.07) is 6.46. The highest BCUT2D eigenvalue weighted by Crippen LogP contribution is 2.24. The van der Waals surface area contributed by atoms with Crippen molar-refractivity contribution in [1.82, 2.24) is 19.8 Å². The summed E-state index contributed by atoms with van der Waals surface area (Å²) in [6.07, 6.45) is 4.10. The first-order chi connectivity index (χ1) is 12.9. The Bertz CT molecular complexity index is 909. The molecule has 2 aromatic rings. The number of rotatable bonds is 6. The maximum Gasteiger partial charge on any atom is 0.254 e. The summed E-state index contributed by atoms with van der Waals surface area (Å²) in [5.41, 5.74) is 0.853. The molecule has 3 rings (SSSR count). The SMILES string of the molecule is CCCS(=O)(=O)Nc1cccc(C(=O)N2CCNCC2c2nccn2C)c1. The normalized spacial score (nSPS) is 17.7. The number of hydrogen-bond acceptors (Lipinski definition) is 5. The van der Waals surface area contributed by atoms with E-state index in [0.717, 1.165) is 5.82 Å². The van der Waals surface area contributed by atoms with Crippen LogP contribution in [0.5, 0.6) is 0 Å². The largest absolute Gasteiger partial charge is 0.336 e. The van der Waals surface area contributed by atoms with Crippen molar-refractivity contribution in [1.29, 1.82) is 0 Å². The van der Waals surface area contributed by atoms with Crippen LogP contribution in [0, 0.1) is 0 Å². The highest BCUT2D eigenvalue weighted by Gasteiger charge is 2.31. The quantitative estimate of drug-likeness (QED) is 0.775. The van der Waals surface area contributed by atoms with Crippen LogP contribution in [-0.4, -0.2) is 54.2 Å². The highest BCUT2D eigenvalue weighted by molar-refractivity contribution is 7.92. The zero-order valence-corrected chi connectivity index (χ0v) is 16.4. The summed E-state index contributed by atoms with van der Waals surface area (Å²) < 4.78 is 28.5. The molecule has 0 saturated carbocycles. The average molecular weight is 391 g/mol. The van der Waals surface area contributed by atoms with E-state index in [4.69, 9.17) is 0 Å². The number of imidazole rings is 1. The van der Waals surface area contributed by atoms with Crippen LogP contribution in [0.25, 0.3) is 0 Å². The Kier molecular flexibility index (Phi) is 5.81. The van der Waals surface area contributed by atoms with Gasteiger partial charge in [0.05, 0.1) is 5.75 Å². The summed E-state index contributed by atoms with van der Waals surface area (Å²) in [5.74, 6) is 0.723. The first-order valence-corrected chi connectivity index (χ1v) is 10.7. The van der Waals surface area contributed by atoms with Crippen molar-refractivity contribution < 1.29 is 13.2 Å². The Balaban J connectivity index is 1.84. The van der Waals surface area contributed by atoms with E-state index in [1.807, 2.05) is 17.8 Å². The number of piperazine rings is 1. The molecule has 1 aliphatic heterocycles. The number of aryl methyl sites for hydroxylation is 1. The minimum absolute atomic E-state index is 0.0458. The number of aromatic nitrogens is 2. The first kappa shape index (κ1) is 19.4. The molecule has 8 nitrogen and oxygen atoms in total. The zero-order valence-electron chi connectivity index (χ0n) is 15.6. The van der Waals surface area contributed by atoms with Crippen LogP contribution in [0.2, 0.25) is 0 Å². The van der Waals surface area contributed by atoms with Gasteiger partial charge in [0.1, 0.15) is 11.9 Å². The fraction of sp³-hybridized carbons (Fsp3) is 0.444. The number of benzene rings is 1. The number of carbonyl (C=O) groups is 1. The lowest BCUT2D eigenvalue weighted by atomic mass is 10.1. The van der Waals surface area contributed by atoms with Gasteiger partial charge in [0.2, 0.25) is 10.0 Å². The summed E-state index contributed by atoms with van der Waals surface area (Å²) >= 11 is 0. The number of hydrogen-bond donors (Lipinski definition) is 2. The maximum atomic E-state index is 13.1. The van der Waals surface area contributed by atoms with E-state index in [2.05, 4.69) is 15.0 Å². The van der Waals surface area contributed by atoms with Gasteiger partial charge in [0, 0.05) is 50.3 Å². The molecule has 1 amide bonds. The fourth-order valence-electron chi connectivity index (χ4n) is 3.26. The third kappa shape index (κ3) is 4.48. The van der Waals surface area contributed by atoms with Gasteiger partial charge < -0.3 is 14.8 Å². The smallest absolute Gasteiger partial charge is 0.254 e. The first-order valence-electron chi connectivity index (χ1n) is 9.00. The zero-order chi connectivity index (χ0) is 19.4. The van der Waals surface area contributed by atoms with Gasteiger partial charge in [-0.15, -0.1) is 0 Å².